The molecule has 0 radical (unpaired) electrons. The Morgan fingerprint density at radius 2 is 2.21 bits per heavy atom. The Kier molecular flexibility index (Phi) is 3.70. The second-order valence-corrected chi connectivity index (χ2v) is 5.31. The number of nitrogens with two attached hydrogens (primary N) is 1. The summed E-state index contributed by atoms with van der Waals surface area (Å²) in [6.07, 6.45) is 2.22. The van der Waals surface area contributed by atoms with Gasteiger partial charge in [-0.15, -0.1) is 0 Å². The number of nitrogens with one attached hydrogen (secondary N) is 1. The first-order valence-corrected chi connectivity index (χ1v) is 6.12. The molecule has 0 aromatic heterocycles. The van der Waals surface area contributed by atoms with Gasteiger partial charge >= 0.3 is 0 Å². The summed E-state index contributed by atoms with van der Waals surface area (Å²) in [6, 6.07) is 0. The predicted molar refractivity (Wildman–Crippen MR) is 52.5 cm³/mol. The molecule has 6 nitrogen and oxygen atoms in total. The lowest BCUT2D eigenvalue weighted by Gasteiger charge is -2.04. The van der Waals surface area contributed by atoms with Gasteiger partial charge in [-0.2, -0.15) is 0 Å². The fourth-order valence-electron chi connectivity index (χ4n) is 1.04. The summed E-state index contributed by atoms with van der Waals surface area (Å²) in [5, 5.41) is 10.9. The number of amidine groups is 1. The molecule has 1 aliphatic carbocycles. The van der Waals surface area contributed by atoms with Crippen molar-refractivity contribution in [2.45, 2.75) is 19.3 Å². The first kappa shape index (κ1) is 11.3. The maximum Gasteiger partial charge on any atom is 0.211 e. The summed E-state index contributed by atoms with van der Waals surface area (Å²) in [5.74, 6) is 0.555. The molecule has 1 saturated carbocycles. The van der Waals surface area contributed by atoms with Crippen molar-refractivity contribution in [1.82, 2.24) is 4.72 Å². The van der Waals surface area contributed by atoms with Gasteiger partial charge in [-0.3, -0.25) is 0 Å². The SMILES string of the molecule is NC(CCNS(=O)(=O)CC1CC1)=NO. The van der Waals surface area contributed by atoms with Crippen molar-refractivity contribution in [2.24, 2.45) is 16.8 Å². The van der Waals surface area contributed by atoms with E-state index in [0.29, 0.717) is 5.92 Å². The van der Waals surface area contributed by atoms with E-state index in [4.69, 9.17) is 10.9 Å². The fourth-order valence-corrected chi connectivity index (χ4v) is 2.52. The standard InChI is InChI=1S/C7H15N3O3S/c8-7(10-11)3-4-9-14(12,13)5-6-1-2-6/h6,9,11H,1-5H2,(H2,8,10). The van der Waals surface area contributed by atoms with E-state index in [0.717, 1.165) is 12.8 Å². The molecule has 1 rings (SSSR count). The summed E-state index contributed by atoms with van der Waals surface area (Å²) < 4.78 is 25.0. The van der Waals surface area contributed by atoms with Crippen LogP contribution in [0.3, 0.4) is 0 Å². The number of nitrogens with zero attached hydrogens (tertiary/aromatic N) is 1. The van der Waals surface area contributed by atoms with E-state index < -0.39 is 10.0 Å². The summed E-state index contributed by atoms with van der Waals surface area (Å²) in [5.41, 5.74) is 5.18. The summed E-state index contributed by atoms with van der Waals surface area (Å²) >= 11 is 0. The summed E-state index contributed by atoms with van der Waals surface area (Å²) in [7, 11) is -3.16. The van der Waals surface area contributed by atoms with E-state index in [1.54, 1.807) is 0 Å². The van der Waals surface area contributed by atoms with Crippen LogP contribution >= 0.6 is 0 Å². The van der Waals surface area contributed by atoms with Crippen LogP contribution in [0.5, 0.6) is 0 Å². The van der Waals surface area contributed by atoms with Gasteiger partial charge in [0.1, 0.15) is 5.84 Å². The number of hydrogen-bond donors (Lipinski definition) is 3. The van der Waals surface area contributed by atoms with Crippen molar-refractivity contribution < 1.29 is 13.6 Å². The summed E-state index contributed by atoms with van der Waals surface area (Å²) in [4.78, 5) is 0. The largest absolute Gasteiger partial charge is 0.409 e. The monoisotopic (exact) mass is 221 g/mol. The van der Waals surface area contributed by atoms with E-state index in [2.05, 4.69) is 9.88 Å². The van der Waals surface area contributed by atoms with Crippen LogP contribution in [0.15, 0.2) is 5.16 Å². The Balaban J connectivity index is 2.21. The van der Waals surface area contributed by atoms with Gasteiger partial charge in [-0.25, -0.2) is 13.1 Å². The number of oxime groups is 1. The number of rotatable bonds is 6. The molecular formula is C7H15N3O3S. The molecule has 1 fully saturated rings. The van der Waals surface area contributed by atoms with Gasteiger partial charge in [-0.1, -0.05) is 5.16 Å². The minimum atomic E-state index is -3.16. The van der Waals surface area contributed by atoms with Crippen molar-refractivity contribution in [1.29, 1.82) is 0 Å². The maximum atomic E-state index is 11.3. The van der Waals surface area contributed by atoms with Gasteiger partial charge in [0.2, 0.25) is 10.0 Å². The van der Waals surface area contributed by atoms with E-state index in [9.17, 15) is 8.42 Å². The third-order valence-corrected chi connectivity index (χ3v) is 3.54. The molecule has 0 unspecified atom stereocenters. The lowest BCUT2D eigenvalue weighted by atomic mass is 10.4. The van der Waals surface area contributed by atoms with Crippen molar-refractivity contribution in [3.8, 4) is 0 Å². The minimum Gasteiger partial charge on any atom is -0.409 e. The van der Waals surface area contributed by atoms with Gasteiger partial charge in [-0.05, 0) is 18.8 Å². The highest BCUT2D eigenvalue weighted by Gasteiger charge is 2.27. The molecule has 7 heteroatoms. The van der Waals surface area contributed by atoms with Crippen molar-refractivity contribution in [2.75, 3.05) is 12.3 Å². The zero-order chi connectivity index (χ0) is 10.6. The van der Waals surface area contributed by atoms with Crippen LogP contribution in [0, 0.1) is 5.92 Å². The second kappa shape index (κ2) is 4.61. The van der Waals surface area contributed by atoms with Gasteiger partial charge in [0, 0.05) is 13.0 Å². The highest BCUT2D eigenvalue weighted by molar-refractivity contribution is 7.89. The van der Waals surface area contributed by atoms with E-state index in [1.165, 1.54) is 0 Å². The topological polar surface area (TPSA) is 105 Å². The molecular weight excluding hydrogens is 206 g/mol. The molecule has 0 spiro atoms. The second-order valence-electron chi connectivity index (χ2n) is 3.46. The molecule has 0 amide bonds. The predicted octanol–water partition coefficient (Wildman–Crippen LogP) is -0.548. The van der Waals surface area contributed by atoms with Crippen molar-refractivity contribution in [3.05, 3.63) is 0 Å². The fraction of sp³-hybridized carbons (Fsp3) is 0.857. The average molecular weight is 221 g/mol. The average Bonchev–Trinajstić information content (AvgIpc) is 2.86. The molecule has 0 heterocycles. The third-order valence-electron chi connectivity index (χ3n) is 1.98. The lowest BCUT2D eigenvalue weighted by Crippen LogP contribution is -2.30. The van der Waals surface area contributed by atoms with Crippen molar-refractivity contribution in [3.63, 3.8) is 0 Å². The van der Waals surface area contributed by atoms with Crippen LogP contribution in [0.1, 0.15) is 19.3 Å². The quantitative estimate of drug-likeness (QED) is 0.242. The zero-order valence-electron chi connectivity index (χ0n) is 7.81. The van der Waals surface area contributed by atoms with Gasteiger partial charge in [0.05, 0.1) is 5.75 Å². The van der Waals surface area contributed by atoms with Crippen LogP contribution in [0.2, 0.25) is 0 Å². The van der Waals surface area contributed by atoms with E-state index in [1.807, 2.05) is 0 Å². The van der Waals surface area contributed by atoms with E-state index >= 15 is 0 Å². The zero-order valence-corrected chi connectivity index (χ0v) is 8.63. The Morgan fingerprint density at radius 3 is 2.71 bits per heavy atom. The smallest absolute Gasteiger partial charge is 0.211 e. The van der Waals surface area contributed by atoms with Crippen LogP contribution in [-0.2, 0) is 10.0 Å². The molecule has 0 aromatic carbocycles. The van der Waals surface area contributed by atoms with Crippen molar-refractivity contribution >= 4 is 15.9 Å². The molecule has 0 bridgehead atoms. The first-order valence-electron chi connectivity index (χ1n) is 4.47. The molecule has 82 valence electrons. The normalized spacial score (nSPS) is 18.4. The third kappa shape index (κ3) is 4.43. The molecule has 4 N–H and O–H groups in total. The Morgan fingerprint density at radius 1 is 1.57 bits per heavy atom. The minimum absolute atomic E-state index is 0.0270. The number of sulfonamides is 1. The first-order chi connectivity index (χ1) is 6.53. The maximum absolute atomic E-state index is 11.3. The van der Waals surface area contributed by atoms with Crippen LogP contribution in [0.25, 0.3) is 0 Å². The molecule has 0 aromatic rings. The molecule has 0 aliphatic heterocycles. The van der Waals surface area contributed by atoms with Crippen LogP contribution in [0.4, 0.5) is 0 Å². The molecule has 1 aliphatic rings. The lowest BCUT2D eigenvalue weighted by molar-refractivity contribution is 0.317. The van der Waals surface area contributed by atoms with Crippen LogP contribution < -0.4 is 10.5 Å². The highest BCUT2D eigenvalue weighted by Crippen LogP contribution is 2.29. The molecule has 0 atom stereocenters. The highest BCUT2D eigenvalue weighted by atomic mass is 32.2. The summed E-state index contributed by atoms with van der Waals surface area (Å²) in [6.45, 7) is 0.185. The number of hydrogen-bond acceptors (Lipinski definition) is 4. The molecule has 0 saturated heterocycles. The Hall–Kier alpha value is -0.820. The van der Waals surface area contributed by atoms with Crippen LogP contribution in [-0.4, -0.2) is 31.8 Å². The Labute approximate surface area is 83.2 Å². The Bertz CT molecular complexity index is 308. The van der Waals surface area contributed by atoms with Gasteiger partial charge in [0.15, 0.2) is 0 Å². The van der Waals surface area contributed by atoms with E-state index in [-0.39, 0.29) is 24.6 Å². The van der Waals surface area contributed by atoms with Gasteiger partial charge in [0.25, 0.3) is 0 Å². The molecule has 14 heavy (non-hydrogen) atoms. The van der Waals surface area contributed by atoms with Gasteiger partial charge < -0.3 is 10.9 Å².